The molecule has 0 amide bonds. The van der Waals surface area contributed by atoms with Crippen molar-refractivity contribution in [3.8, 4) is 47.4 Å². The van der Waals surface area contributed by atoms with Gasteiger partial charge in [0, 0.05) is 6.92 Å². The first kappa shape index (κ1) is 14.2. The molecule has 0 aromatic heterocycles. The third kappa shape index (κ3) is 13.2. The maximum Gasteiger partial charge on any atom is 0.302 e. The van der Waals surface area contributed by atoms with E-state index < -0.39 is 0 Å². The Labute approximate surface area is 102 Å². The fourth-order valence-electron chi connectivity index (χ4n) is 0.562. The summed E-state index contributed by atoms with van der Waals surface area (Å²) >= 11 is 0. The van der Waals surface area contributed by atoms with E-state index in [0.29, 0.717) is 0 Å². The van der Waals surface area contributed by atoms with Gasteiger partial charge in [-0.3, -0.25) is 4.79 Å². The zero-order chi connectivity index (χ0) is 12.8. The molecule has 0 aliphatic heterocycles. The van der Waals surface area contributed by atoms with Gasteiger partial charge in [0.15, 0.2) is 0 Å². The summed E-state index contributed by atoms with van der Waals surface area (Å²) in [6, 6.07) is 0. The van der Waals surface area contributed by atoms with Gasteiger partial charge in [-0.2, -0.15) is 0 Å². The smallest absolute Gasteiger partial charge is 0.302 e. The van der Waals surface area contributed by atoms with Gasteiger partial charge in [0.1, 0.15) is 6.61 Å². The molecule has 0 fully saturated rings. The number of allylic oxidation sites excluding steroid dienone is 2. The molecule has 0 saturated carbocycles. The molecule has 0 rings (SSSR count). The van der Waals surface area contributed by atoms with E-state index in [9.17, 15) is 4.79 Å². The first-order valence-corrected chi connectivity index (χ1v) is 4.67. The fourth-order valence-corrected chi connectivity index (χ4v) is 0.562. The molecule has 82 valence electrons. The van der Waals surface area contributed by atoms with Crippen molar-refractivity contribution in [2.45, 2.75) is 6.92 Å². The molecule has 0 unspecified atom stereocenters. The third-order valence-corrected chi connectivity index (χ3v) is 1.14. The molecule has 0 aromatic carbocycles. The molecule has 0 aromatic rings. The minimum atomic E-state index is -0.321. The summed E-state index contributed by atoms with van der Waals surface area (Å²) in [5.41, 5.74) is 0. The Morgan fingerprint density at radius 3 is 2.29 bits per heavy atom. The summed E-state index contributed by atoms with van der Waals surface area (Å²) in [6.07, 6.45) is 4.63. The van der Waals surface area contributed by atoms with Crippen LogP contribution < -0.4 is 0 Å². The van der Waals surface area contributed by atoms with E-state index in [0.717, 1.165) is 0 Å². The molecular weight excluding hydrogens is 212 g/mol. The monoisotopic (exact) mass is 222 g/mol. The summed E-state index contributed by atoms with van der Waals surface area (Å²) in [7, 11) is 0. The van der Waals surface area contributed by atoms with Crippen LogP contribution >= 0.6 is 0 Å². The van der Waals surface area contributed by atoms with E-state index in [1.165, 1.54) is 13.0 Å². The van der Waals surface area contributed by atoms with Gasteiger partial charge in [0.05, 0.1) is 0 Å². The molecule has 0 aliphatic rings. The first-order valence-electron chi connectivity index (χ1n) is 4.67. The molecule has 0 saturated heterocycles. The van der Waals surface area contributed by atoms with Crippen molar-refractivity contribution in [3.63, 3.8) is 0 Å². The lowest BCUT2D eigenvalue weighted by molar-refractivity contribution is -0.139. The van der Waals surface area contributed by atoms with Gasteiger partial charge in [-0.05, 0) is 53.8 Å². The fraction of sp³-hybridized carbons (Fsp3) is 0.133. The highest BCUT2D eigenvalue weighted by Crippen LogP contribution is 1.77. The van der Waals surface area contributed by atoms with Crippen LogP contribution in [0.3, 0.4) is 0 Å². The van der Waals surface area contributed by atoms with Crippen LogP contribution in [-0.2, 0) is 9.53 Å². The second-order valence-electron chi connectivity index (χ2n) is 2.45. The SMILES string of the molecule is C=CC#CC#CC#CC#C/C=C/COC(C)=O. The Hall–Kier alpha value is -2.81. The van der Waals surface area contributed by atoms with E-state index in [1.807, 2.05) is 0 Å². The lowest BCUT2D eigenvalue weighted by atomic mass is 10.4. The molecule has 0 bridgehead atoms. The number of ether oxygens (including phenoxy) is 1. The molecule has 0 N–H and O–H groups in total. The van der Waals surface area contributed by atoms with Gasteiger partial charge in [-0.15, -0.1) is 0 Å². The Morgan fingerprint density at radius 1 is 1.12 bits per heavy atom. The number of rotatable bonds is 2. The van der Waals surface area contributed by atoms with Crippen molar-refractivity contribution < 1.29 is 9.53 Å². The van der Waals surface area contributed by atoms with Crippen LogP contribution in [0.5, 0.6) is 0 Å². The molecule has 2 heteroatoms. The molecule has 2 nitrogen and oxygen atoms in total. The van der Waals surface area contributed by atoms with Crippen molar-refractivity contribution in [1.82, 2.24) is 0 Å². The summed E-state index contributed by atoms with van der Waals surface area (Å²) in [6.45, 7) is 4.98. The molecule has 0 heterocycles. The molecule has 0 spiro atoms. The number of carbonyl (C=O) groups excluding carboxylic acids is 1. The van der Waals surface area contributed by atoms with E-state index >= 15 is 0 Å². The summed E-state index contributed by atoms with van der Waals surface area (Å²) in [5, 5.41) is 0. The topological polar surface area (TPSA) is 26.3 Å². The van der Waals surface area contributed by atoms with E-state index in [1.54, 1.807) is 12.2 Å². The van der Waals surface area contributed by atoms with Crippen LogP contribution in [0, 0.1) is 47.4 Å². The highest BCUT2D eigenvalue weighted by atomic mass is 16.5. The minimum Gasteiger partial charge on any atom is -0.462 e. The number of hydrogen-bond acceptors (Lipinski definition) is 2. The van der Waals surface area contributed by atoms with Crippen LogP contribution in [0.1, 0.15) is 6.92 Å². The van der Waals surface area contributed by atoms with E-state index in [2.05, 4.69) is 58.7 Å². The molecule has 0 atom stereocenters. The second-order valence-corrected chi connectivity index (χ2v) is 2.45. The predicted molar refractivity (Wildman–Crippen MR) is 67.1 cm³/mol. The zero-order valence-electron chi connectivity index (χ0n) is 9.46. The molecule has 0 radical (unpaired) electrons. The summed E-state index contributed by atoms with van der Waals surface area (Å²) in [4.78, 5) is 10.4. The standard InChI is InChI=1S/C15H10O2/c1-3-4-5-6-7-8-9-10-11-12-13-14-17-15(2)16/h3,12-13H,1,14H2,2H3/b13-12+. The Morgan fingerprint density at radius 2 is 1.71 bits per heavy atom. The number of hydrogen-bond donors (Lipinski definition) is 0. The lowest BCUT2D eigenvalue weighted by Crippen LogP contribution is -1.96. The Bertz CT molecular complexity index is 535. The molecular formula is C15H10O2. The predicted octanol–water partition coefficient (Wildman–Crippen LogP) is 1.31. The first-order chi connectivity index (χ1) is 8.27. The highest BCUT2D eigenvalue weighted by molar-refractivity contribution is 5.66. The second kappa shape index (κ2) is 11.3. The lowest BCUT2D eigenvalue weighted by Gasteiger charge is -1.91. The molecule has 17 heavy (non-hydrogen) atoms. The zero-order valence-corrected chi connectivity index (χ0v) is 9.46. The van der Waals surface area contributed by atoms with Crippen molar-refractivity contribution in [2.24, 2.45) is 0 Å². The van der Waals surface area contributed by atoms with Crippen LogP contribution in [0.2, 0.25) is 0 Å². The van der Waals surface area contributed by atoms with E-state index in [-0.39, 0.29) is 12.6 Å². The summed E-state index contributed by atoms with van der Waals surface area (Å²) < 4.78 is 4.65. The minimum absolute atomic E-state index is 0.217. The van der Waals surface area contributed by atoms with Gasteiger partial charge in [0.25, 0.3) is 0 Å². The van der Waals surface area contributed by atoms with Crippen molar-refractivity contribution in [1.29, 1.82) is 0 Å². The van der Waals surface area contributed by atoms with Gasteiger partial charge < -0.3 is 4.74 Å². The van der Waals surface area contributed by atoms with Gasteiger partial charge in [0.2, 0.25) is 0 Å². The number of esters is 1. The normalized spacial score (nSPS) is 6.88. The van der Waals surface area contributed by atoms with Crippen molar-refractivity contribution in [3.05, 3.63) is 24.8 Å². The quantitative estimate of drug-likeness (QED) is 0.520. The Balaban J connectivity index is 3.95. The van der Waals surface area contributed by atoms with Gasteiger partial charge in [-0.25, -0.2) is 0 Å². The largest absolute Gasteiger partial charge is 0.462 e. The third-order valence-electron chi connectivity index (χ3n) is 1.14. The highest BCUT2D eigenvalue weighted by Gasteiger charge is 1.84. The van der Waals surface area contributed by atoms with Crippen LogP contribution in [-0.4, -0.2) is 12.6 Å². The maximum atomic E-state index is 10.4. The van der Waals surface area contributed by atoms with Crippen LogP contribution in [0.4, 0.5) is 0 Å². The van der Waals surface area contributed by atoms with Crippen molar-refractivity contribution in [2.75, 3.05) is 6.61 Å². The van der Waals surface area contributed by atoms with Crippen molar-refractivity contribution >= 4 is 5.97 Å². The van der Waals surface area contributed by atoms with Gasteiger partial charge >= 0.3 is 5.97 Å². The Kier molecular flexibility index (Phi) is 9.40. The summed E-state index contributed by atoms with van der Waals surface area (Å²) in [5.74, 6) is 20.0. The molecule has 0 aliphatic carbocycles. The van der Waals surface area contributed by atoms with Crippen LogP contribution in [0.25, 0.3) is 0 Å². The van der Waals surface area contributed by atoms with E-state index in [4.69, 9.17) is 0 Å². The van der Waals surface area contributed by atoms with Gasteiger partial charge in [-0.1, -0.05) is 18.4 Å². The average molecular weight is 222 g/mol. The average Bonchev–Trinajstić information content (AvgIpc) is 2.30. The number of carbonyl (C=O) groups is 1. The maximum absolute atomic E-state index is 10.4. The van der Waals surface area contributed by atoms with Crippen LogP contribution in [0.15, 0.2) is 24.8 Å².